The molecule has 0 saturated carbocycles. The number of rotatable bonds is 4. The van der Waals surface area contributed by atoms with Crippen molar-refractivity contribution in [3.63, 3.8) is 0 Å². The van der Waals surface area contributed by atoms with Gasteiger partial charge in [-0.15, -0.1) is 0 Å². The summed E-state index contributed by atoms with van der Waals surface area (Å²) in [6.07, 6.45) is 0. The third-order valence-electron chi connectivity index (χ3n) is 4.62. The van der Waals surface area contributed by atoms with Crippen LogP contribution in [0.4, 0.5) is 0 Å². The number of carbonyl (C=O) groups excluding carboxylic acids is 1. The number of nitrogens with zero attached hydrogens (tertiary/aromatic N) is 2. The van der Waals surface area contributed by atoms with Crippen LogP contribution in [0.1, 0.15) is 48.5 Å². The first-order valence-corrected chi connectivity index (χ1v) is 8.17. The number of furan rings is 1. The van der Waals surface area contributed by atoms with Crippen molar-refractivity contribution in [3.8, 4) is 0 Å². The van der Waals surface area contributed by atoms with Crippen molar-refractivity contribution in [1.29, 1.82) is 0 Å². The fraction of sp³-hybridized carbons (Fsp3) is 0.368. The molecule has 2 aromatic heterocycles. The number of hydrogen-bond donors (Lipinski definition) is 1. The van der Waals surface area contributed by atoms with E-state index in [-0.39, 0.29) is 17.9 Å². The van der Waals surface area contributed by atoms with Crippen LogP contribution in [0.15, 0.2) is 34.7 Å². The second kappa shape index (κ2) is 6.15. The Morgan fingerprint density at radius 2 is 1.96 bits per heavy atom. The maximum Gasteiger partial charge on any atom is 0.227 e. The summed E-state index contributed by atoms with van der Waals surface area (Å²) in [5.74, 6) is 0.476. The number of carbonyl (C=O) groups is 1. The number of hydrogen-bond acceptors (Lipinski definition) is 3. The second-order valence-corrected chi connectivity index (χ2v) is 6.35. The molecule has 1 amide bonds. The fourth-order valence-electron chi connectivity index (χ4n) is 3.17. The van der Waals surface area contributed by atoms with Crippen LogP contribution < -0.4 is 5.32 Å². The van der Waals surface area contributed by atoms with Crippen LogP contribution in [-0.2, 0) is 11.8 Å². The minimum absolute atomic E-state index is 0.0258. The molecule has 0 aliphatic heterocycles. The van der Waals surface area contributed by atoms with Crippen LogP contribution >= 0.6 is 0 Å². The monoisotopic (exact) mass is 325 g/mol. The first-order chi connectivity index (χ1) is 11.4. The summed E-state index contributed by atoms with van der Waals surface area (Å²) in [6.45, 7) is 7.78. The Bertz CT molecular complexity index is 858. The zero-order valence-electron chi connectivity index (χ0n) is 14.8. The Morgan fingerprint density at radius 1 is 1.25 bits per heavy atom. The summed E-state index contributed by atoms with van der Waals surface area (Å²) in [7, 11) is 1.90. The highest BCUT2D eigenvalue weighted by Crippen LogP contribution is 2.26. The Morgan fingerprint density at radius 3 is 2.58 bits per heavy atom. The molecule has 3 aromatic rings. The van der Waals surface area contributed by atoms with Crippen LogP contribution in [0, 0.1) is 13.8 Å². The third kappa shape index (κ3) is 2.82. The minimum Gasteiger partial charge on any atom is -0.459 e. The Labute approximate surface area is 141 Å². The molecule has 0 aliphatic rings. The van der Waals surface area contributed by atoms with Gasteiger partial charge in [0.1, 0.15) is 11.3 Å². The maximum absolute atomic E-state index is 12.7. The van der Waals surface area contributed by atoms with Crippen LogP contribution in [0.5, 0.6) is 0 Å². The molecule has 0 aliphatic carbocycles. The standard InChI is InChI=1S/C19H23N3O2/c1-11(18-13(3)21-22(5)14(18)4)19(23)20-12(2)17-10-15-8-6-7-9-16(15)24-17/h6-12H,1-5H3,(H,20,23)/t11-,12-/m0/s1. The van der Waals surface area contributed by atoms with E-state index in [4.69, 9.17) is 4.42 Å². The lowest BCUT2D eigenvalue weighted by Crippen LogP contribution is -2.30. The van der Waals surface area contributed by atoms with Crippen LogP contribution in [0.25, 0.3) is 11.0 Å². The normalized spacial score (nSPS) is 13.9. The van der Waals surface area contributed by atoms with Gasteiger partial charge in [0.2, 0.25) is 5.91 Å². The van der Waals surface area contributed by atoms with Gasteiger partial charge in [0.05, 0.1) is 17.7 Å². The molecule has 1 N–H and O–H groups in total. The SMILES string of the molecule is Cc1nn(C)c(C)c1[C@H](C)C(=O)N[C@@H](C)c1cc2ccccc2o1. The fourth-order valence-corrected chi connectivity index (χ4v) is 3.17. The highest BCUT2D eigenvalue weighted by Gasteiger charge is 2.24. The van der Waals surface area contributed by atoms with Gasteiger partial charge in [-0.1, -0.05) is 18.2 Å². The molecule has 0 unspecified atom stereocenters. The lowest BCUT2D eigenvalue weighted by atomic mass is 9.98. The molecule has 0 spiro atoms. The number of aromatic nitrogens is 2. The summed E-state index contributed by atoms with van der Waals surface area (Å²) in [5.41, 5.74) is 3.74. The first kappa shape index (κ1) is 16.3. The van der Waals surface area contributed by atoms with Gasteiger partial charge in [0.25, 0.3) is 0 Å². The van der Waals surface area contributed by atoms with E-state index in [0.717, 1.165) is 33.7 Å². The molecule has 126 valence electrons. The highest BCUT2D eigenvalue weighted by atomic mass is 16.3. The van der Waals surface area contributed by atoms with Gasteiger partial charge in [-0.2, -0.15) is 5.10 Å². The zero-order chi connectivity index (χ0) is 17.4. The van der Waals surface area contributed by atoms with Gasteiger partial charge in [0.15, 0.2) is 0 Å². The maximum atomic E-state index is 12.7. The molecule has 5 nitrogen and oxygen atoms in total. The van der Waals surface area contributed by atoms with Crippen molar-refractivity contribution in [2.24, 2.45) is 7.05 Å². The average molecular weight is 325 g/mol. The number of fused-ring (bicyclic) bond motifs is 1. The van der Waals surface area contributed by atoms with Crippen molar-refractivity contribution in [2.45, 2.75) is 39.7 Å². The molecular weight excluding hydrogens is 302 g/mol. The molecule has 3 rings (SSSR count). The van der Waals surface area contributed by atoms with E-state index in [9.17, 15) is 4.79 Å². The number of benzene rings is 1. The van der Waals surface area contributed by atoms with Crippen LogP contribution in [0.3, 0.4) is 0 Å². The smallest absolute Gasteiger partial charge is 0.227 e. The zero-order valence-corrected chi connectivity index (χ0v) is 14.8. The lowest BCUT2D eigenvalue weighted by molar-refractivity contribution is -0.123. The van der Waals surface area contributed by atoms with E-state index in [2.05, 4.69) is 10.4 Å². The number of amides is 1. The number of aryl methyl sites for hydroxylation is 2. The van der Waals surface area contributed by atoms with Gasteiger partial charge in [-0.25, -0.2) is 0 Å². The van der Waals surface area contributed by atoms with E-state index in [1.54, 1.807) is 0 Å². The van der Waals surface area contributed by atoms with E-state index in [1.807, 2.05) is 69.8 Å². The first-order valence-electron chi connectivity index (χ1n) is 8.17. The minimum atomic E-state index is -0.259. The van der Waals surface area contributed by atoms with Crippen molar-refractivity contribution < 1.29 is 9.21 Å². The van der Waals surface area contributed by atoms with Crippen molar-refractivity contribution in [2.75, 3.05) is 0 Å². The van der Waals surface area contributed by atoms with Gasteiger partial charge in [0, 0.05) is 23.7 Å². The predicted octanol–water partition coefficient (Wildman–Crippen LogP) is 3.76. The van der Waals surface area contributed by atoms with E-state index >= 15 is 0 Å². The summed E-state index contributed by atoms with van der Waals surface area (Å²) in [5, 5.41) is 8.49. The molecule has 0 fully saturated rings. The Hall–Kier alpha value is -2.56. The van der Waals surface area contributed by atoms with Gasteiger partial charge in [-0.05, 0) is 39.8 Å². The van der Waals surface area contributed by atoms with E-state index < -0.39 is 0 Å². The van der Waals surface area contributed by atoms with E-state index in [1.165, 1.54) is 0 Å². The second-order valence-electron chi connectivity index (χ2n) is 6.35. The van der Waals surface area contributed by atoms with E-state index in [0.29, 0.717) is 0 Å². The molecule has 24 heavy (non-hydrogen) atoms. The summed E-state index contributed by atoms with van der Waals surface area (Å²) in [4.78, 5) is 12.7. The number of nitrogens with one attached hydrogen (secondary N) is 1. The lowest BCUT2D eigenvalue weighted by Gasteiger charge is -2.16. The Balaban J connectivity index is 1.78. The molecule has 0 bridgehead atoms. The molecule has 0 saturated heterocycles. The van der Waals surface area contributed by atoms with Crippen molar-refractivity contribution in [1.82, 2.24) is 15.1 Å². The van der Waals surface area contributed by atoms with Gasteiger partial charge >= 0.3 is 0 Å². The molecule has 5 heteroatoms. The molecular formula is C19H23N3O2. The molecule has 1 aromatic carbocycles. The molecule has 0 radical (unpaired) electrons. The number of para-hydroxylation sites is 1. The molecule has 2 heterocycles. The van der Waals surface area contributed by atoms with Crippen molar-refractivity contribution in [3.05, 3.63) is 53.0 Å². The van der Waals surface area contributed by atoms with Crippen LogP contribution in [-0.4, -0.2) is 15.7 Å². The summed E-state index contributed by atoms with van der Waals surface area (Å²) >= 11 is 0. The van der Waals surface area contributed by atoms with Gasteiger partial charge in [-0.3, -0.25) is 9.48 Å². The summed E-state index contributed by atoms with van der Waals surface area (Å²) in [6, 6.07) is 9.63. The third-order valence-corrected chi connectivity index (χ3v) is 4.62. The van der Waals surface area contributed by atoms with Crippen molar-refractivity contribution >= 4 is 16.9 Å². The Kier molecular flexibility index (Phi) is 4.18. The van der Waals surface area contributed by atoms with Crippen LogP contribution in [0.2, 0.25) is 0 Å². The topological polar surface area (TPSA) is 60.1 Å². The average Bonchev–Trinajstić information content (AvgIpc) is 3.08. The summed E-state index contributed by atoms with van der Waals surface area (Å²) < 4.78 is 7.65. The largest absolute Gasteiger partial charge is 0.459 e. The van der Waals surface area contributed by atoms with Gasteiger partial charge < -0.3 is 9.73 Å². The molecule has 2 atom stereocenters. The highest BCUT2D eigenvalue weighted by molar-refractivity contribution is 5.84. The predicted molar refractivity (Wildman–Crippen MR) is 93.9 cm³/mol. The quantitative estimate of drug-likeness (QED) is 0.794.